The molecule has 0 amide bonds. The zero-order chi connectivity index (χ0) is 11.8. The maximum absolute atomic E-state index is 10.6. The zero-order valence-corrected chi connectivity index (χ0v) is 9.02. The van der Waals surface area contributed by atoms with Crippen LogP contribution in [0.2, 0.25) is 0 Å². The van der Waals surface area contributed by atoms with E-state index in [2.05, 4.69) is 0 Å². The minimum absolute atomic E-state index is 0.282. The number of aliphatic hydroxyl groups is 2. The highest BCUT2D eigenvalue weighted by Gasteiger charge is 2.33. The molecule has 2 N–H and O–H groups in total. The number of carbonyl (C=O) groups is 1. The first-order valence-corrected chi connectivity index (χ1v) is 4.75. The summed E-state index contributed by atoms with van der Waals surface area (Å²) in [4.78, 5) is 10.6. The fourth-order valence-electron chi connectivity index (χ4n) is 1.60. The number of hydrogen-bond donors (Lipinski definition) is 2. The lowest BCUT2D eigenvalue weighted by Crippen LogP contribution is -2.42. The molecule has 84 valence electrons. The second-order valence-corrected chi connectivity index (χ2v) is 4.67. The van der Waals surface area contributed by atoms with Crippen molar-refractivity contribution in [2.75, 3.05) is 0 Å². The van der Waals surface area contributed by atoms with Gasteiger partial charge in [0, 0.05) is 5.57 Å². The van der Waals surface area contributed by atoms with Crippen molar-refractivity contribution in [2.45, 2.75) is 33.0 Å². The highest BCUT2D eigenvalue weighted by molar-refractivity contribution is 5.87. The molecule has 0 unspecified atom stereocenters. The van der Waals surface area contributed by atoms with Crippen molar-refractivity contribution in [2.24, 2.45) is 5.41 Å². The van der Waals surface area contributed by atoms with Crippen molar-refractivity contribution in [3.8, 4) is 0 Å². The number of aliphatic carboxylic acids is 1. The number of aliphatic hydroxyl groups excluding tert-OH is 2. The van der Waals surface area contributed by atoms with E-state index in [1.165, 1.54) is 12.2 Å². The molecule has 15 heavy (non-hydrogen) atoms. The number of hydrogen-bond acceptors (Lipinski definition) is 4. The van der Waals surface area contributed by atoms with Gasteiger partial charge in [-0.25, -0.2) is 0 Å². The number of allylic oxidation sites excluding steroid dienone is 2. The van der Waals surface area contributed by atoms with Gasteiger partial charge in [-0.15, -0.1) is 0 Å². The monoisotopic (exact) mass is 211 g/mol. The van der Waals surface area contributed by atoms with Crippen molar-refractivity contribution in [3.63, 3.8) is 0 Å². The standard InChI is InChI=1S/C11H16O4/c1-11(2,3)7-5-4-6(10(14)15)8(12)9(7)13/h4-5,8-9,12-13H,1-3H3,(H,14,15)/p-1/t8-,9+/m1/s1. The van der Waals surface area contributed by atoms with E-state index in [1.807, 2.05) is 20.8 Å². The number of carboxylic acid groups (broad SMARTS) is 1. The molecular weight excluding hydrogens is 196 g/mol. The molecule has 1 rings (SSSR count). The SMILES string of the molecule is CC(C)(C)C1=CC=C(C(=O)[O-])[C@@H](O)[C@H]1O. The summed E-state index contributed by atoms with van der Waals surface area (Å²) in [6, 6.07) is 0. The molecule has 4 heteroatoms. The lowest BCUT2D eigenvalue weighted by Gasteiger charge is -2.33. The van der Waals surface area contributed by atoms with Crippen LogP contribution in [0.25, 0.3) is 0 Å². The average Bonchev–Trinajstić information content (AvgIpc) is 2.06. The number of carboxylic acids is 1. The van der Waals surface area contributed by atoms with Crippen molar-refractivity contribution in [1.29, 1.82) is 0 Å². The van der Waals surface area contributed by atoms with Crippen LogP contribution in [0.5, 0.6) is 0 Å². The number of rotatable bonds is 1. The first-order chi connectivity index (χ1) is 6.75. The third-order valence-corrected chi connectivity index (χ3v) is 2.48. The Morgan fingerprint density at radius 3 is 2.20 bits per heavy atom. The van der Waals surface area contributed by atoms with Gasteiger partial charge in [-0.1, -0.05) is 32.9 Å². The molecule has 0 aromatic rings. The second-order valence-electron chi connectivity index (χ2n) is 4.67. The van der Waals surface area contributed by atoms with E-state index in [1.54, 1.807) is 0 Å². The van der Waals surface area contributed by atoms with Gasteiger partial charge in [0.05, 0.1) is 5.97 Å². The molecule has 0 radical (unpaired) electrons. The summed E-state index contributed by atoms with van der Waals surface area (Å²) in [5.74, 6) is -1.45. The number of carbonyl (C=O) groups excluding carboxylic acids is 1. The molecule has 2 atom stereocenters. The smallest absolute Gasteiger partial charge is 0.110 e. The molecule has 0 aromatic heterocycles. The van der Waals surface area contributed by atoms with Gasteiger partial charge in [-0.3, -0.25) is 0 Å². The Kier molecular flexibility index (Phi) is 3.02. The largest absolute Gasteiger partial charge is 0.545 e. The van der Waals surface area contributed by atoms with E-state index in [9.17, 15) is 20.1 Å². The van der Waals surface area contributed by atoms with Gasteiger partial charge in [0.15, 0.2) is 0 Å². The predicted octanol–water partition coefficient (Wildman–Crippen LogP) is -0.629. The van der Waals surface area contributed by atoms with Gasteiger partial charge in [0.25, 0.3) is 0 Å². The summed E-state index contributed by atoms with van der Waals surface area (Å²) >= 11 is 0. The summed E-state index contributed by atoms with van der Waals surface area (Å²) in [5.41, 5.74) is 0.0180. The van der Waals surface area contributed by atoms with E-state index in [0.717, 1.165) is 0 Å². The van der Waals surface area contributed by atoms with E-state index in [4.69, 9.17) is 0 Å². The topological polar surface area (TPSA) is 80.6 Å². The van der Waals surface area contributed by atoms with Crippen LogP contribution in [0, 0.1) is 5.41 Å². The Labute approximate surface area is 88.5 Å². The van der Waals surface area contributed by atoms with Gasteiger partial charge in [0.2, 0.25) is 0 Å². The molecule has 0 aliphatic heterocycles. The van der Waals surface area contributed by atoms with Crippen molar-refractivity contribution in [1.82, 2.24) is 0 Å². The fraction of sp³-hybridized carbons (Fsp3) is 0.545. The second kappa shape index (κ2) is 3.79. The van der Waals surface area contributed by atoms with E-state index in [-0.39, 0.29) is 11.0 Å². The van der Waals surface area contributed by atoms with Gasteiger partial charge < -0.3 is 20.1 Å². The normalized spacial score (nSPS) is 27.0. The lowest BCUT2D eigenvalue weighted by atomic mass is 9.77. The summed E-state index contributed by atoms with van der Waals surface area (Å²) < 4.78 is 0. The average molecular weight is 211 g/mol. The molecule has 0 bridgehead atoms. The lowest BCUT2D eigenvalue weighted by molar-refractivity contribution is -0.300. The molecule has 0 fully saturated rings. The fourth-order valence-corrected chi connectivity index (χ4v) is 1.60. The van der Waals surface area contributed by atoms with Gasteiger partial charge in [-0.2, -0.15) is 0 Å². The third kappa shape index (κ3) is 2.27. The van der Waals surface area contributed by atoms with Crippen LogP contribution in [0.3, 0.4) is 0 Å². The quantitative estimate of drug-likeness (QED) is 0.605. The van der Waals surface area contributed by atoms with Crippen LogP contribution < -0.4 is 5.11 Å². The highest BCUT2D eigenvalue weighted by atomic mass is 16.4. The first kappa shape index (κ1) is 11.9. The Balaban J connectivity index is 3.11. The highest BCUT2D eigenvalue weighted by Crippen LogP contribution is 2.33. The van der Waals surface area contributed by atoms with Gasteiger partial charge in [0.1, 0.15) is 12.2 Å². The molecule has 4 nitrogen and oxygen atoms in total. The summed E-state index contributed by atoms with van der Waals surface area (Å²) in [5, 5.41) is 29.9. The van der Waals surface area contributed by atoms with Crippen LogP contribution >= 0.6 is 0 Å². The van der Waals surface area contributed by atoms with Crippen LogP contribution in [0.15, 0.2) is 23.3 Å². The zero-order valence-electron chi connectivity index (χ0n) is 9.02. The summed E-state index contributed by atoms with van der Waals surface area (Å²) in [6.07, 6.45) is 0.229. The molecule has 0 spiro atoms. The molecule has 0 saturated carbocycles. The van der Waals surface area contributed by atoms with E-state index in [0.29, 0.717) is 5.57 Å². The van der Waals surface area contributed by atoms with Gasteiger partial charge in [-0.05, 0) is 11.0 Å². The van der Waals surface area contributed by atoms with Crippen molar-refractivity contribution in [3.05, 3.63) is 23.3 Å². The molecule has 1 aliphatic carbocycles. The Bertz CT molecular complexity index is 333. The minimum atomic E-state index is -1.45. The molecular formula is C11H15O4-. The Morgan fingerprint density at radius 1 is 1.27 bits per heavy atom. The van der Waals surface area contributed by atoms with E-state index < -0.39 is 18.2 Å². The Morgan fingerprint density at radius 2 is 1.80 bits per heavy atom. The van der Waals surface area contributed by atoms with Crippen LogP contribution in [-0.4, -0.2) is 28.4 Å². The third-order valence-electron chi connectivity index (χ3n) is 2.48. The molecule has 0 saturated heterocycles. The maximum atomic E-state index is 10.6. The van der Waals surface area contributed by atoms with Crippen LogP contribution in [0.1, 0.15) is 20.8 Å². The predicted molar refractivity (Wildman–Crippen MR) is 52.6 cm³/mol. The molecule has 0 aromatic carbocycles. The Hall–Kier alpha value is -1.13. The summed E-state index contributed by atoms with van der Waals surface area (Å²) in [6.45, 7) is 5.64. The van der Waals surface area contributed by atoms with Gasteiger partial charge >= 0.3 is 0 Å². The summed E-state index contributed by atoms with van der Waals surface area (Å²) in [7, 11) is 0. The van der Waals surface area contributed by atoms with Crippen molar-refractivity contribution < 1.29 is 20.1 Å². The molecule has 0 heterocycles. The molecule has 1 aliphatic rings. The van der Waals surface area contributed by atoms with Crippen LogP contribution in [-0.2, 0) is 4.79 Å². The van der Waals surface area contributed by atoms with Crippen molar-refractivity contribution >= 4 is 5.97 Å². The first-order valence-electron chi connectivity index (χ1n) is 4.75. The van der Waals surface area contributed by atoms with E-state index >= 15 is 0 Å². The maximum Gasteiger partial charge on any atom is 0.110 e. The van der Waals surface area contributed by atoms with Crippen LogP contribution in [0.4, 0.5) is 0 Å². The minimum Gasteiger partial charge on any atom is -0.545 e.